The van der Waals surface area contributed by atoms with Crippen molar-refractivity contribution < 1.29 is 23.1 Å². The van der Waals surface area contributed by atoms with Crippen molar-refractivity contribution in [3.05, 3.63) is 29.8 Å². The molecule has 1 aromatic carbocycles. The van der Waals surface area contributed by atoms with E-state index in [9.17, 15) is 18.4 Å². The van der Waals surface area contributed by atoms with Crippen LogP contribution in [-0.4, -0.2) is 11.2 Å². The van der Waals surface area contributed by atoms with E-state index < -0.39 is 28.6 Å². The Hall–Kier alpha value is -1.49. The lowest BCUT2D eigenvalue weighted by atomic mass is 10.3. The molecule has 0 aliphatic carbocycles. The van der Waals surface area contributed by atoms with Crippen LogP contribution in [0.5, 0.6) is 5.75 Å². The van der Waals surface area contributed by atoms with E-state index in [1.807, 2.05) is 0 Å². The zero-order valence-electron chi connectivity index (χ0n) is 6.59. The van der Waals surface area contributed by atoms with Crippen molar-refractivity contribution >= 4 is 22.8 Å². The second-order valence-corrected chi connectivity index (χ2v) is 2.56. The molecule has 74 valence electrons. The van der Waals surface area contributed by atoms with Crippen LogP contribution in [0.2, 0.25) is 0 Å². The van der Waals surface area contributed by atoms with Gasteiger partial charge in [-0.1, -0.05) is 6.07 Å². The second kappa shape index (κ2) is 4.15. The third kappa shape index (κ3) is 2.26. The van der Waals surface area contributed by atoms with E-state index in [-0.39, 0.29) is 0 Å². The molecule has 0 heterocycles. The Morgan fingerprint density at radius 3 is 2.14 bits per heavy atom. The fourth-order valence-corrected chi connectivity index (χ4v) is 0.751. The Balaban J connectivity index is 2.97. The average molecular weight is 221 g/mol. The van der Waals surface area contributed by atoms with Gasteiger partial charge >= 0.3 is 11.2 Å². The number of esters is 1. The third-order valence-electron chi connectivity index (χ3n) is 1.27. The molecule has 3 nitrogen and oxygen atoms in total. The molecule has 14 heavy (non-hydrogen) atoms. The maximum Gasteiger partial charge on any atom is 0.397 e. The van der Waals surface area contributed by atoms with E-state index >= 15 is 0 Å². The lowest BCUT2D eigenvalue weighted by Crippen LogP contribution is -2.16. The monoisotopic (exact) mass is 220 g/mol. The summed E-state index contributed by atoms with van der Waals surface area (Å²) < 4.78 is 29.7. The fourth-order valence-electron chi connectivity index (χ4n) is 0.713. The number of hydrogen-bond acceptors (Lipinski definition) is 3. The zero-order chi connectivity index (χ0) is 10.7. The van der Waals surface area contributed by atoms with Gasteiger partial charge in [0.05, 0.1) is 0 Å². The normalized spacial score (nSPS) is 9.64. The van der Waals surface area contributed by atoms with Gasteiger partial charge in [0.1, 0.15) is 0 Å². The fraction of sp³-hybridized carbons (Fsp3) is 0. The molecule has 0 aliphatic rings. The van der Waals surface area contributed by atoms with E-state index in [2.05, 4.69) is 4.74 Å². The molecular formula is C8H3ClF2O3. The Labute approximate surface area is 82.2 Å². The average Bonchev–Trinajstić information content (AvgIpc) is 2.11. The summed E-state index contributed by atoms with van der Waals surface area (Å²) >= 11 is 4.72. The van der Waals surface area contributed by atoms with Gasteiger partial charge in [0.2, 0.25) is 5.75 Å². The Morgan fingerprint density at radius 1 is 1.21 bits per heavy atom. The highest BCUT2D eigenvalue weighted by atomic mass is 35.5. The van der Waals surface area contributed by atoms with Crippen LogP contribution < -0.4 is 4.74 Å². The van der Waals surface area contributed by atoms with Crippen molar-refractivity contribution in [3.63, 3.8) is 0 Å². The summed E-state index contributed by atoms with van der Waals surface area (Å²) in [4.78, 5) is 20.8. The molecule has 0 unspecified atom stereocenters. The maximum absolute atomic E-state index is 12.8. The standard InChI is InChI=1S/C8H3ClF2O3/c9-7(12)8(13)14-6-4(10)2-1-3-5(6)11/h1-3H. The molecule has 1 aromatic rings. The second-order valence-electron chi connectivity index (χ2n) is 2.21. The first-order valence-electron chi connectivity index (χ1n) is 3.38. The number of hydrogen-bond donors (Lipinski definition) is 0. The van der Waals surface area contributed by atoms with Crippen molar-refractivity contribution in [1.29, 1.82) is 0 Å². The van der Waals surface area contributed by atoms with Crippen LogP contribution in [0, 0.1) is 11.6 Å². The van der Waals surface area contributed by atoms with Crippen molar-refractivity contribution in [2.75, 3.05) is 0 Å². The van der Waals surface area contributed by atoms with E-state index in [0.717, 1.165) is 18.2 Å². The minimum Gasteiger partial charge on any atom is -0.414 e. The number of benzene rings is 1. The van der Waals surface area contributed by atoms with Crippen LogP contribution in [-0.2, 0) is 9.59 Å². The summed E-state index contributed by atoms with van der Waals surface area (Å²) in [5.74, 6) is -4.64. The first-order valence-corrected chi connectivity index (χ1v) is 3.76. The maximum atomic E-state index is 12.8. The summed E-state index contributed by atoms with van der Waals surface area (Å²) in [7, 11) is 0. The number of rotatable bonds is 2. The largest absolute Gasteiger partial charge is 0.414 e. The molecule has 0 saturated carbocycles. The van der Waals surface area contributed by atoms with E-state index in [0.29, 0.717) is 0 Å². The van der Waals surface area contributed by atoms with Crippen molar-refractivity contribution in [3.8, 4) is 5.75 Å². The van der Waals surface area contributed by atoms with Gasteiger partial charge in [-0.2, -0.15) is 0 Å². The number of carbonyl (C=O) groups is 2. The third-order valence-corrected chi connectivity index (χ3v) is 1.43. The molecule has 0 radical (unpaired) electrons. The summed E-state index contributed by atoms with van der Waals surface area (Å²) in [6.45, 7) is 0. The highest BCUT2D eigenvalue weighted by Gasteiger charge is 2.18. The van der Waals surface area contributed by atoms with E-state index in [1.54, 1.807) is 0 Å². The van der Waals surface area contributed by atoms with Gasteiger partial charge in [0.15, 0.2) is 11.6 Å². The minimum atomic E-state index is -1.53. The molecule has 0 aromatic heterocycles. The van der Waals surface area contributed by atoms with Gasteiger partial charge in [-0.3, -0.25) is 4.79 Å². The molecule has 0 fully saturated rings. The number of para-hydroxylation sites is 1. The SMILES string of the molecule is O=C(Cl)C(=O)Oc1c(F)cccc1F. The van der Waals surface area contributed by atoms with Gasteiger partial charge in [-0.15, -0.1) is 0 Å². The van der Waals surface area contributed by atoms with Crippen LogP contribution >= 0.6 is 11.6 Å². The lowest BCUT2D eigenvalue weighted by Gasteiger charge is -2.02. The van der Waals surface area contributed by atoms with Crippen molar-refractivity contribution in [2.45, 2.75) is 0 Å². The minimum absolute atomic E-state index is 0.879. The number of ether oxygens (including phenoxy) is 1. The predicted octanol–water partition coefficient (Wildman–Crippen LogP) is 1.64. The Bertz CT molecular complexity index is 372. The van der Waals surface area contributed by atoms with Crippen LogP contribution in [0.3, 0.4) is 0 Å². The first kappa shape index (κ1) is 10.6. The zero-order valence-corrected chi connectivity index (χ0v) is 7.35. The highest BCUT2D eigenvalue weighted by Crippen LogP contribution is 2.20. The van der Waals surface area contributed by atoms with Gasteiger partial charge in [0, 0.05) is 0 Å². The molecule has 0 spiro atoms. The molecule has 0 atom stereocenters. The highest BCUT2D eigenvalue weighted by molar-refractivity contribution is 6.80. The van der Waals surface area contributed by atoms with Gasteiger partial charge in [0.25, 0.3) is 0 Å². The van der Waals surface area contributed by atoms with Crippen molar-refractivity contribution in [2.24, 2.45) is 0 Å². The lowest BCUT2D eigenvalue weighted by molar-refractivity contribution is -0.143. The quantitative estimate of drug-likeness (QED) is 0.329. The molecule has 0 N–H and O–H groups in total. The molecule has 6 heteroatoms. The van der Waals surface area contributed by atoms with Crippen LogP contribution in [0.1, 0.15) is 0 Å². The molecule has 0 aliphatic heterocycles. The van der Waals surface area contributed by atoms with Crippen molar-refractivity contribution in [1.82, 2.24) is 0 Å². The Kier molecular flexibility index (Phi) is 3.14. The molecule has 0 saturated heterocycles. The smallest absolute Gasteiger partial charge is 0.397 e. The molecule has 1 rings (SSSR count). The summed E-state index contributed by atoms with van der Waals surface area (Å²) in [6.07, 6.45) is 0. The van der Waals surface area contributed by atoms with Crippen LogP contribution in [0.15, 0.2) is 18.2 Å². The molecule has 0 amide bonds. The van der Waals surface area contributed by atoms with Gasteiger partial charge < -0.3 is 4.74 Å². The summed E-state index contributed by atoms with van der Waals surface area (Å²) in [5.41, 5.74) is 0. The number of carbonyl (C=O) groups excluding carboxylic acids is 2. The van der Waals surface area contributed by atoms with Crippen LogP contribution in [0.4, 0.5) is 8.78 Å². The summed E-state index contributed by atoms with van der Waals surface area (Å²) in [6, 6.07) is 2.85. The van der Waals surface area contributed by atoms with Gasteiger partial charge in [-0.25, -0.2) is 13.6 Å². The van der Waals surface area contributed by atoms with Crippen LogP contribution in [0.25, 0.3) is 0 Å². The number of halogens is 3. The predicted molar refractivity (Wildman–Crippen MR) is 42.9 cm³/mol. The molecular weight excluding hydrogens is 218 g/mol. The Morgan fingerprint density at radius 2 is 1.71 bits per heavy atom. The topological polar surface area (TPSA) is 43.4 Å². The molecule has 0 bridgehead atoms. The first-order chi connectivity index (χ1) is 6.52. The van der Waals surface area contributed by atoms with E-state index in [1.165, 1.54) is 0 Å². The summed E-state index contributed by atoms with van der Waals surface area (Å²) in [5, 5.41) is -1.45. The van der Waals surface area contributed by atoms with E-state index in [4.69, 9.17) is 11.6 Å². The van der Waals surface area contributed by atoms with Gasteiger partial charge in [-0.05, 0) is 23.7 Å².